The number of carbonyl (C=O) groups excluding carboxylic acids is 2. The molecule has 0 bridgehead atoms. The summed E-state index contributed by atoms with van der Waals surface area (Å²) in [5.41, 5.74) is 0.0452. The highest BCUT2D eigenvalue weighted by atomic mass is 16.6. The molecule has 2 heterocycles. The summed E-state index contributed by atoms with van der Waals surface area (Å²) in [6.45, 7) is 6.89. The normalized spacial score (nSPS) is 22.0. The first-order chi connectivity index (χ1) is 9.81. The predicted octanol–water partition coefficient (Wildman–Crippen LogP) is 2.14. The second-order valence-corrected chi connectivity index (χ2v) is 6.44. The number of hydrogen-bond acceptors (Lipinski definition) is 3. The van der Waals surface area contributed by atoms with Crippen molar-refractivity contribution in [2.75, 3.05) is 13.1 Å². The van der Waals surface area contributed by atoms with E-state index in [4.69, 9.17) is 11.2 Å². The van der Waals surface area contributed by atoms with Crippen molar-refractivity contribution < 1.29 is 14.3 Å². The van der Waals surface area contributed by atoms with Crippen LogP contribution < -0.4 is 0 Å². The zero-order valence-corrected chi connectivity index (χ0v) is 12.9. The molecule has 0 aromatic rings. The number of hydrogen-bond donors (Lipinski definition) is 0. The van der Waals surface area contributed by atoms with Gasteiger partial charge >= 0.3 is 6.09 Å². The zero-order valence-electron chi connectivity index (χ0n) is 12.9. The summed E-state index contributed by atoms with van der Waals surface area (Å²) in [6, 6.07) is -0.566. The summed E-state index contributed by atoms with van der Waals surface area (Å²) in [5, 5.41) is 0. The fourth-order valence-corrected chi connectivity index (χ4v) is 2.56. The van der Waals surface area contributed by atoms with Gasteiger partial charge in [0.05, 0.1) is 0 Å². The Labute approximate surface area is 125 Å². The van der Waals surface area contributed by atoms with Crippen molar-refractivity contribution in [1.29, 1.82) is 0 Å². The van der Waals surface area contributed by atoms with E-state index in [0.29, 0.717) is 12.0 Å². The lowest BCUT2D eigenvalue weighted by Crippen LogP contribution is -2.47. The first kappa shape index (κ1) is 15.4. The standard InChI is InChI=1S/C16H22N2O3/c1-5-12-10-13(14(19)17-8-6-7-9-17)18(11-12)15(20)21-16(2,3)4/h1,11,13H,6-10H2,2-4H3. The number of ether oxygens (including phenoxy) is 1. The van der Waals surface area contributed by atoms with Gasteiger partial charge in [-0.3, -0.25) is 9.69 Å². The first-order valence-electron chi connectivity index (χ1n) is 7.29. The Morgan fingerprint density at radius 3 is 2.48 bits per heavy atom. The number of carbonyl (C=O) groups is 2. The van der Waals surface area contributed by atoms with Crippen molar-refractivity contribution in [1.82, 2.24) is 9.80 Å². The number of likely N-dealkylation sites (tertiary alicyclic amines) is 1. The molecule has 5 heteroatoms. The number of amides is 2. The Morgan fingerprint density at radius 2 is 1.95 bits per heavy atom. The number of terminal acetylenes is 1. The fraction of sp³-hybridized carbons (Fsp3) is 0.625. The molecule has 2 aliphatic heterocycles. The van der Waals surface area contributed by atoms with Gasteiger partial charge in [-0.25, -0.2) is 4.79 Å². The molecule has 1 saturated heterocycles. The highest BCUT2D eigenvalue weighted by Gasteiger charge is 2.39. The van der Waals surface area contributed by atoms with Crippen molar-refractivity contribution in [2.45, 2.75) is 51.7 Å². The molecule has 0 aromatic carbocycles. The maximum atomic E-state index is 12.6. The Morgan fingerprint density at radius 1 is 1.33 bits per heavy atom. The van der Waals surface area contributed by atoms with Crippen LogP contribution in [0, 0.1) is 12.3 Å². The third kappa shape index (κ3) is 3.57. The molecule has 1 unspecified atom stereocenters. The second kappa shape index (κ2) is 5.80. The quantitative estimate of drug-likeness (QED) is 0.695. The largest absolute Gasteiger partial charge is 0.443 e. The average Bonchev–Trinajstić information content (AvgIpc) is 3.05. The SMILES string of the molecule is C#CC1=CN(C(=O)OC(C)(C)C)C(C(=O)N2CCCC2)C1. The van der Waals surface area contributed by atoms with E-state index in [1.165, 1.54) is 4.90 Å². The minimum absolute atomic E-state index is 0.0418. The van der Waals surface area contributed by atoms with E-state index in [1.54, 1.807) is 31.9 Å². The van der Waals surface area contributed by atoms with Crippen LogP contribution in [0.25, 0.3) is 0 Å². The fourth-order valence-electron chi connectivity index (χ4n) is 2.56. The smallest absolute Gasteiger partial charge is 0.415 e. The molecule has 2 rings (SSSR count). The molecule has 114 valence electrons. The lowest BCUT2D eigenvalue weighted by atomic mass is 10.1. The van der Waals surface area contributed by atoms with E-state index in [9.17, 15) is 9.59 Å². The molecule has 1 fully saturated rings. The number of nitrogens with zero attached hydrogens (tertiary/aromatic N) is 2. The van der Waals surface area contributed by atoms with Crippen molar-refractivity contribution in [2.24, 2.45) is 0 Å². The summed E-state index contributed by atoms with van der Waals surface area (Å²) in [5.74, 6) is 2.49. The van der Waals surface area contributed by atoms with Crippen LogP contribution in [-0.4, -0.2) is 46.5 Å². The van der Waals surface area contributed by atoms with Crippen LogP contribution in [0.15, 0.2) is 11.8 Å². The highest BCUT2D eigenvalue weighted by Crippen LogP contribution is 2.26. The lowest BCUT2D eigenvalue weighted by Gasteiger charge is -2.29. The molecule has 0 saturated carbocycles. The van der Waals surface area contributed by atoms with Crippen LogP contribution in [0.3, 0.4) is 0 Å². The topological polar surface area (TPSA) is 49.9 Å². The average molecular weight is 290 g/mol. The van der Waals surface area contributed by atoms with Crippen LogP contribution in [0.2, 0.25) is 0 Å². The summed E-state index contributed by atoms with van der Waals surface area (Å²) < 4.78 is 5.36. The molecular weight excluding hydrogens is 268 g/mol. The van der Waals surface area contributed by atoms with Gasteiger partial charge in [0.25, 0.3) is 0 Å². The van der Waals surface area contributed by atoms with E-state index in [0.717, 1.165) is 25.9 Å². The van der Waals surface area contributed by atoms with Crippen LogP contribution in [0.1, 0.15) is 40.0 Å². The molecule has 0 aliphatic carbocycles. The third-order valence-electron chi connectivity index (χ3n) is 3.54. The maximum Gasteiger partial charge on any atom is 0.415 e. The molecule has 0 spiro atoms. The van der Waals surface area contributed by atoms with E-state index in [1.807, 2.05) is 0 Å². The van der Waals surface area contributed by atoms with Crippen molar-refractivity contribution in [3.63, 3.8) is 0 Å². The lowest BCUT2D eigenvalue weighted by molar-refractivity contribution is -0.134. The monoisotopic (exact) mass is 290 g/mol. The van der Waals surface area contributed by atoms with Crippen LogP contribution >= 0.6 is 0 Å². The summed E-state index contributed by atoms with van der Waals surface area (Å²) in [6.07, 6.45) is 8.88. The van der Waals surface area contributed by atoms with Gasteiger partial charge in [0.2, 0.25) is 5.91 Å². The molecule has 0 aromatic heterocycles. The predicted molar refractivity (Wildman–Crippen MR) is 79.2 cm³/mol. The van der Waals surface area contributed by atoms with Gasteiger partial charge in [0.15, 0.2) is 0 Å². The van der Waals surface area contributed by atoms with Gasteiger partial charge in [0, 0.05) is 31.3 Å². The van der Waals surface area contributed by atoms with Crippen molar-refractivity contribution in [3.05, 3.63) is 11.8 Å². The van der Waals surface area contributed by atoms with E-state index in [-0.39, 0.29) is 5.91 Å². The molecule has 5 nitrogen and oxygen atoms in total. The highest BCUT2D eigenvalue weighted by molar-refractivity contribution is 5.88. The van der Waals surface area contributed by atoms with Crippen molar-refractivity contribution in [3.8, 4) is 12.3 Å². The summed E-state index contributed by atoms with van der Waals surface area (Å²) in [7, 11) is 0. The molecule has 2 amide bonds. The van der Waals surface area contributed by atoms with Gasteiger partial charge < -0.3 is 9.64 Å². The third-order valence-corrected chi connectivity index (χ3v) is 3.54. The summed E-state index contributed by atoms with van der Waals surface area (Å²) in [4.78, 5) is 28.0. The van der Waals surface area contributed by atoms with Gasteiger partial charge in [-0.15, -0.1) is 6.42 Å². The Balaban J connectivity index is 2.14. The molecule has 1 atom stereocenters. The molecule has 2 aliphatic rings. The number of rotatable bonds is 1. The second-order valence-electron chi connectivity index (χ2n) is 6.44. The van der Waals surface area contributed by atoms with Gasteiger partial charge in [-0.2, -0.15) is 0 Å². The Bertz CT molecular complexity index is 505. The molecular formula is C16H22N2O3. The van der Waals surface area contributed by atoms with Crippen LogP contribution in [0.5, 0.6) is 0 Å². The Kier molecular flexibility index (Phi) is 4.26. The van der Waals surface area contributed by atoms with Crippen LogP contribution in [0.4, 0.5) is 4.79 Å². The molecule has 0 radical (unpaired) electrons. The van der Waals surface area contributed by atoms with E-state index >= 15 is 0 Å². The minimum atomic E-state index is -0.606. The van der Waals surface area contributed by atoms with Gasteiger partial charge in [0.1, 0.15) is 11.6 Å². The van der Waals surface area contributed by atoms with Gasteiger partial charge in [-0.1, -0.05) is 5.92 Å². The Hall–Kier alpha value is -1.96. The van der Waals surface area contributed by atoms with Crippen molar-refractivity contribution >= 4 is 12.0 Å². The molecule has 21 heavy (non-hydrogen) atoms. The van der Waals surface area contributed by atoms with E-state index < -0.39 is 17.7 Å². The van der Waals surface area contributed by atoms with Crippen LogP contribution in [-0.2, 0) is 9.53 Å². The first-order valence-corrected chi connectivity index (χ1v) is 7.29. The minimum Gasteiger partial charge on any atom is -0.443 e. The zero-order chi connectivity index (χ0) is 15.6. The van der Waals surface area contributed by atoms with Gasteiger partial charge in [-0.05, 0) is 33.6 Å². The summed E-state index contributed by atoms with van der Waals surface area (Å²) >= 11 is 0. The van der Waals surface area contributed by atoms with E-state index in [2.05, 4.69) is 5.92 Å². The maximum absolute atomic E-state index is 12.6. The molecule has 0 N–H and O–H groups in total.